The highest BCUT2D eigenvalue weighted by atomic mass is 35.5. The van der Waals surface area contributed by atoms with Crippen LogP contribution in [0.1, 0.15) is 44.7 Å². The first-order valence-electron chi connectivity index (χ1n) is 10.7. The Hall–Kier alpha value is -1.11. The van der Waals surface area contributed by atoms with E-state index in [-0.39, 0.29) is 30.2 Å². The molecule has 0 aliphatic heterocycles. The van der Waals surface area contributed by atoms with Crippen molar-refractivity contribution in [2.24, 2.45) is 0 Å². The Balaban J connectivity index is 2.19. The fourth-order valence-electron chi connectivity index (χ4n) is 3.16. The minimum absolute atomic E-state index is 0.0200. The average molecular weight is 550 g/mol. The second-order valence-electron chi connectivity index (χ2n) is 7.74. The van der Waals surface area contributed by atoms with Crippen LogP contribution in [0.15, 0.2) is 36.4 Å². The van der Waals surface area contributed by atoms with E-state index in [0.29, 0.717) is 32.3 Å². The van der Waals surface area contributed by atoms with Gasteiger partial charge in [0.1, 0.15) is 6.04 Å². The van der Waals surface area contributed by atoms with Crippen molar-refractivity contribution in [3.63, 3.8) is 0 Å². The molecule has 9 heteroatoms. The molecule has 4 nitrogen and oxygen atoms in total. The summed E-state index contributed by atoms with van der Waals surface area (Å²) in [5.74, 6) is 0.490. The van der Waals surface area contributed by atoms with Gasteiger partial charge in [0.05, 0.1) is 15.8 Å². The number of nitrogens with zero attached hydrogens (tertiary/aromatic N) is 1. The summed E-state index contributed by atoms with van der Waals surface area (Å²) in [6, 6.07) is 9.98. The van der Waals surface area contributed by atoms with Crippen LogP contribution in [-0.2, 0) is 21.9 Å². The molecule has 0 heterocycles. The predicted octanol–water partition coefficient (Wildman–Crippen LogP) is 7.26. The van der Waals surface area contributed by atoms with E-state index < -0.39 is 6.04 Å². The number of halogens is 4. The molecular weight excluding hydrogens is 522 g/mol. The quantitative estimate of drug-likeness (QED) is 0.321. The van der Waals surface area contributed by atoms with Gasteiger partial charge in [0.2, 0.25) is 11.8 Å². The minimum atomic E-state index is -0.608. The summed E-state index contributed by atoms with van der Waals surface area (Å²) in [5.41, 5.74) is 1.70. The summed E-state index contributed by atoms with van der Waals surface area (Å²) in [7, 11) is 0. The molecule has 1 N–H and O–H groups in total. The van der Waals surface area contributed by atoms with Crippen LogP contribution in [-0.4, -0.2) is 34.6 Å². The molecular formula is C24H28Cl4N2O2S. The van der Waals surface area contributed by atoms with Crippen molar-refractivity contribution in [2.75, 3.05) is 5.75 Å². The number of thioether (sulfide) groups is 1. The number of carbonyl (C=O) groups excluding carboxylic acids is 2. The van der Waals surface area contributed by atoms with Crippen LogP contribution in [0, 0.1) is 0 Å². The molecule has 0 spiro atoms. The zero-order valence-electron chi connectivity index (χ0n) is 18.8. The topological polar surface area (TPSA) is 49.4 Å². The first-order chi connectivity index (χ1) is 15.7. The summed E-state index contributed by atoms with van der Waals surface area (Å²) >= 11 is 25.9. The third-order valence-electron chi connectivity index (χ3n) is 5.22. The number of nitrogens with one attached hydrogen (secondary N) is 1. The molecule has 0 aromatic heterocycles. The zero-order valence-corrected chi connectivity index (χ0v) is 22.7. The zero-order chi connectivity index (χ0) is 24.5. The molecule has 2 aromatic rings. The van der Waals surface area contributed by atoms with E-state index in [2.05, 4.69) is 5.32 Å². The molecule has 2 atom stereocenters. The van der Waals surface area contributed by atoms with Gasteiger partial charge >= 0.3 is 0 Å². The summed E-state index contributed by atoms with van der Waals surface area (Å²) in [4.78, 5) is 27.9. The van der Waals surface area contributed by atoms with Crippen molar-refractivity contribution in [1.82, 2.24) is 10.2 Å². The maximum Gasteiger partial charge on any atom is 0.243 e. The van der Waals surface area contributed by atoms with E-state index in [0.717, 1.165) is 17.5 Å². The summed E-state index contributed by atoms with van der Waals surface area (Å²) in [5, 5.41) is 4.94. The number of carbonyl (C=O) groups is 2. The second-order valence-corrected chi connectivity index (χ2v) is 10.4. The van der Waals surface area contributed by atoms with Gasteiger partial charge in [-0.3, -0.25) is 9.59 Å². The lowest BCUT2D eigenvalue weighted by Gasteiger charge is -2.31. The Morgan fingerprint density at radius 3 is 2.30 bits per heavy atom. The predicted molar refractivity (Wildman–Crippen MR) is 142 cm³/mol. The lowest BCUT2D eigenvalue weighted by atomic mass is 10.1. The van der Waals surface area contributed by atoms with Crippen LogP contribution in [0.25, 0.3) is 0 Å². The van der Waals surface area contributed by atoms with Gasteiger partial charge in [0.15, 0.2) is 0 Å². The van der Waals surface area contributed by atoms with Crippen LogP contribution in [0.2, 0.25) is 20.1 Å². The highest BCUT2D eigenvalue weighted by molar-refractivity contribution is 7.99. The molecule has 0 aliphatic carbocycles. The van der Waals surface area contributed by atoms with Crippen LogP contribution in [0.3, 0.4) is 0 Å². The maximum absolute atomic E-state index is 13.3. The molecule has 0 saturated heterocycles. The number of hydrogen-bond acceptors (Lipinski definition) is 3. The van der Waals surface area contributed by atoms with E-state index in [1.807, 2.05) is 26.8 Å². The number of benzene rings is 2. The van der Waals surface area contributed by atoms with Crippen molar-refractivity contribution in [1.29, 1.82) is 0 Å². The normalized spacial score (nSPS) is 12.8. The minimum Gasteiger partial charge on any atom is -0.352 e. The van der Waals surface area contributed by atoms with E-state index >= 15 is 0 Å². The molecule has 2 unspecified atom stereocenters. The SMILES string of the molecule is CCC(C)NC(=O)C(CC)N(Cc1ccc(Cl)cc1Cl)C(=O)CSCc1ccc(Cl)c(Cl)c1. The van der Waals surface area contributed by atoms with Crippen molar-refractivity contribution in [2.45, 2.75) is 58.0 Å². The van der Waals surface area contributed by atoms with Crippen molar-refractivity contribution >= 4 is 70.0 Å². The van der Waals surface area contributed by atoms with Crippen LogP contribution in [0.5, 0.6) is 0 Å². The van der Waals surface area contributed by atoms with Crippen molar-refractivity contribution in [3.05, 3.63) is 67.6 Å². The third-order valence-corrected chi connectivity index (χ3v) is 7.54. The molecule has 2 aromatic carbocycles. The van der Waals surface area contributed by atoms with Gasteiger partial charge in [0.25, 0.3) is 0 Å². The molecule has 180 valence electrons. The molecule has 0 aliphatic rings. The van der Waals surface area contributed by atoms with Gasteiger partial charge in [-0.1, -0.05) is 72.4 Å². The fraction of sp³-hybridized carbons (Fsp3) is 0.417. The molecule has 0 fully saturated rings. The lowest BCUT2D eigenvalue weighted by molar-refractivity contribution is -0.139. The smallest absolute Gasteiger partial charge is 0.243 e. The third kappa shape index (κ3) is 8.56. The Bertz CT molecular complexity index is 973. The highest BCUT2D eigenvalue weighted by Gasteiger charge is 2.29. The highest BCUT2D eigenvalue weighted by Crippen LogP contribution is 2.26. The summed E-state index contributed by atoms with van der Waals surface area (Å²) in [6.07, 6.45) is 1.29. The maximum atomic E-state index is 13.3. The van der Waals surface area contributed by atoms with E-state index in [9.17, 15) is 9.59 Å². The summed E-state index contributed by atoms with van der Waals surface area (Å²) in [6.45, 7) is 6.06. The average Bonchev–Trinajstić information content (AvgIpc) is 2.77. The van der Waals surface area contributed by atoms with Gasteiger partial charge in [-0.05, 0) is 55.2 Å². The molecule has 0 saturated carbocycles. The Labute approximate surface area is 220 Å². The molecule has 2 rings (SSSR count). The Morgan fingerprint density at radius 1 is 0.970 bits per heavy atom. The van der Waals surface area contributed by atoms with E-state index in [1.54, 1.807) is 35.2 Å². The van der Waals surface area contributed by atoms with Crippen LogP contribution >= 0.6 is 58.2 Å². The summed E-state index contributed by atoms with van der Waals surface area (Å²) < 4.78 is 0. The van der Waals surface area contributed by atoms with Crippen LogP contribution in [0.4, 0.5) is 0 Å². The molecule has 0 radical (unpaired) electrons. The molecule has 33 heavy (non-hydrogen) atoms. The van der Waals surface area contributed by atoms with Gasteiger partial charge in [-0.15, -0.1) is 11.8 Å². The first kappa shape index (κ1) is 28.1. The monoisotopic (exact) mass is 548 g/mol. The largest absolute Gasteiger partial charge is 0.352 e. The standard InChI is InChI=1S/C24H28Cl4N2O2S/c1-4-15(3)29-24(32)22(5-2)30(12-17-7-8-18(25)11-20(17)27)23(31)14-33-13-16-6-9-19(26)21(28)10-16/h6-11,15,22H,4-5,12-14H2,1-3H3,(H,29,32). The van der Waals surface area contributed by atoms with E-state index in [1.165, 1.54) is 11.8 Å². The van der Waals surface area contributed by atoms with Gasteiger partial charge in [-0.25, -0.2) is 0 Å². The van der Waals surface area contributed by atoms with Crippen molar-refractivity contribution < 1.29 is 9.59 Å². The van der Waals surface area contributed by atoms with Crippen molar-refractivity contribution in [3.8, 4) is 0 Å². The van der Waals surface area contributed by atoms with Gasteiger partial charge in [-0.2, -0.15) is 0 Å². The second kappa shape index (κ2) is 13.7. The number of rotatable bonds is 11. The van der Waals surface area contributed by atoms with Gasteiger partial charge in [0, 0.05) is 28.4 Å². The Kier molecular flexibility index (Phi) is 11.7. The van der Waals surface area contributed by atoms with Gasteiger partial charge < -0.3 is 10.2 Å². The first-order valence-corrected chi connectivity index (χ1v) is 13.4. The van der Waals surface area contributed by atoms with Crippen LogP contribution < -0.4 is 5.32 Å². The molecule has 2 amide bonds. The molecule has 0 bridgehead atoms. The van der Waals surface area contributed by atoms with E-state index in [4.69, 9.17) is 46.4 Å². The number of amides is 2. The lowest BCUT2D eigenvalue weighted by Crippen LogP contribution is -2.51. The Morgan fingerprint density at radius 2 is 1.70 bits per heavy atom. The fourth-order valence-corrected chi connectivity index (χ4v) is 4.81. The number of hydrogen-bond donors (Lipinski definition) is 1.